The smallest absolute Gasteiger partial charge is 0.135 e. The highest BCUT2D eigenvalue weighted by atomic mass is 19.1. The molecule has 1 aromatic carbocycles. The Morgan fingerprint density at radius 2 is 2.09 bits per heavy atom. The highest BCUT2D eigenvalue weighted by molar-refractivity contribution is 5.72. The Morgan fingerprint density at radius 1 is 1.23 bits per heavy atom. The number of aryl methyl sites for hydroxylation is 1. The molecule has 0 unspecified atom stereocenters. The molecular formula is C16H15FN4O. The van der Waals surface area contributed by atoms with Gasteiger partial charge in [-0.1, -0.05) is 6.07 Å². The van der Waals surface area contributed by atoms with Gasteiger partial charge in [-0.3, -0.25) is 4.68 Å². The number of aromatic hydroxyl groups is 1. The number of hydrogen-bond donors (Lipinski definition) is 2. The normalized spacial score (nSPS) is 10.6. The van der Waals surface area contributed by atoms with E-state index in [4.69, 9.17) is 0 Å². The van der Waals surface area contributed by atoms with Gasteiger partial charge in [0.2, 0.25) is 0 Å². The number of pyridine rings is 1. The number of rotatable bonds is 4. The molecular weight excluding hydrogens is 283 g/mol. The molecule has 22 heavy (non-hydrogen) atoms. The topological polar surface area (TPSA) is 63.0 Å². The lowest BCUT2D eigenvalue weighted by molar-refractivity contribution is 0.463. The molecule has 0 saturated heterocycles. The van der Waals surface area contributed by atoms with Crippen LogP contribution in [0.2, 0.25) is 0 Å². The van der Waals surface area contributed by atoms with Gasteiger partial charge in [0.05, 0.1) is 5.69 Å². The van der Waals surface area contributed by atoms with Crippen molar-refractivity contribution in [1.29, 1.82) is 0 Å². The zero-order valence-electron chi connectivity index (χ0n) is 12.0. The molecule has 0 aliphatic carbocycles. The van der Waals surface area contributed by atoms with Gasteiger partial charge in [-0.05, 0) is 24.3 Å². The van der Waals surface area contributed by atoms with E-state index in [-0.39, 0.29) is 5.75 Å². The molecule has 3 rings (SSSR count). The molecule has 112 valence electrons. The Labute approximate surface area is 127 Å². The predicted octanol–water partition coefficient (Wildman–Crippen LogP) is 2.94. The number of halogens is 1. The Kier molecular flexibility index (Phi) is 3.74. The molecule has 2 N–H and O–H groups in total. The minimum absolute atomic E-state index is 0.0782. The van der Waals surface area contributed by atoms with E-state index in [9.17, 15) is 9.50 Å². The molecule has 0 fully saturated rings. The summed E-state index contributed by atoms with van der Waals surface area (Å²) in [5.74, 6) is 0.134. The van der Waals surface area contributed by atoms with E-state index in [0.29, 0.717) is 17.9 Å². The molecule has 0 aliphatic heterocycles. The summed E-state index contributed by atoms with van der Waals surface area (Å²) in [7, 11) is 1.86. The molecule has 0 aliphatic rings. The van der Waals surface area contributed by atoms with E-state index < -0.39 is 5.82 Å². The molecule has 3 aromatic rings. The van der Waals surface area contributed by atoms with Gasteiger partial charge in [0.1, 0.15) is 17.4 Å². The van der Waals surface area contributed by atoms with Crippen LogP contribution in [-0.4, -0.2) is 19.9 Å². The van der Waals surface area contributed by atoms with E-state index in [1.54, 1.807) is 23.1 Å². The van der Waals surface area contributed by atoms with Crippen molar-refractivity contribution in [1.82, 2.24) is 14.8 Å². The van der Waals surface area contributed by atoms with Crippen LogP contribution in [0.25, 0.3) is 11.3 Å². The number of nitrogens with zero attached hydrogens (tertiary/aromatic N) is 3. The van der Waals surface area contributed by atoms with Crippen LogP contribution in [0.3, 0.4) is 0 Å². The maximum Gasteiger partial charge on any atom is 0.135 e. The van der Waals surface area contributed by atoms with Crippen molar-refractivity contribution in [3.8, 4) is 17.0 Å². The standard InChI is InChI=1S/C16H15FN4O/c1-21-14(6-8-20-21)13-3-2-7-18-16(13)19-10-11-4-5-12(17)9-15(11)22/h2-9,22H,10H2,1H3,(H,18,19). The Hall–Kier alpha value is -2.89. The zero-order chi connectivity index (χ0) is 15.5. The fourth-order valence-electron chi connectivity index (χ4n) is 2.26. The van der Waals surface area contributed by atoms with Gasteiger partial charge in [-0.2, -0.15) is 5.10 Å². The number of aromatic nitrogens is 3. The first-order valence-corrected chi connectivity index (χ1v) is 6.80. The third kappa shape index (κ3) is 2.76. The number of hydrogen-bond acceptors (Lipinski definition) is 4. The highest BCUT2D eigenvalue weighted by Gasteiger charge is 2.10. The van der Waals surface area contributed by atoms with E-state index in [1.807, 2.05) is 25.2 Å². The molecule has 0 atom stereocenters. The lowest BCUT2D eigenvalue weighted by Crippen LogP contribution is -2.04. The first-order valence-electron chi connectivity index (χ1n) is 6.80. The highest BCUT2D eigenvalue weighted by Crippen LogP contribution is 2.26. The molecule has 2 heterocycles. The quantitative estimate of drug-likeness (QED) is 0.777. The average Bonchev–Trinajstić information content (AvgIpc) is 2.93. The first-order chi connectivity index (χ1) is 10.6. The molecule has 0 bridgehead atoms. The van der Waals surface area contributed by atoms with Gasteiger partial charge in [-0.25, -0.2) is 9.37 Å². The number of anilines is 1. The largest absolute Gasteiger partial charge is 0.507 e. The third-order valence-electron chi connectivity index (χ3n) is 3.40. The molecule has 0 spiro atoms. The first kappa shape index (κ1) is 14.1. The summed E-state index contributed by atoms with van der Waals surface area (Å²) in [6.45, 7) is 0.341. The minimum Gasteiger partial charge on any atom is -0.507 e. The Morgan fingerprint density at radius 3 is 2.82 bits per heavy atom. The van der Waals surface area contributed by atoms with Crippen molar-refractivity contribution in [3.05, 3.63) is 60.2 Å². The minimum atomic E-state index is -0.463. The van der Waals surface area contributed by atoms with Crippen molar-refractivity contribution in [3.63, 3.8) is 0 Å². The monoisotopic (exact) mass is 298 g/mol. The van der Waals surface area contributed by atoms with Crippen LogP contribution < -0.4 is 5.32 Å². The molecule has 0 radical (unpaired) electrons. The average molecular weight is 298 g/mol. The van der Waals surface area contributed by atoms with E-state index in [1.165, 1.54) is 6.07 Å². The summed E-state index contributed by atoms with van der Waals surface area (Å²) in [6, 6.07) is 9.65. The lowest BCUT2D eigenvalue weighted by Gasteiger charge is -2.12. The van der Waals surface area contributed by atoms with Crippen LogP contribution in [0.5, 0.6) is 5.75 Å². The fraction of sp³-hybridized carbons (Fsp3) is 0.125. The van der Waals surface area contributed by atoms with Gasteiger partial charge in [0.25, 0.3) is 0 Å². The molecule has 2 aromatic heterocycles. The second kappa shape index (κ2) is 5.85. The summed E-state index contributed by atoms with van der Waals surface area (Å²) < 4.78 is 14.8. The zero-order valence-corrected chi connectivity index (χ0v) is 12.0. The van der Waals surface area contributed by atoms with Gasteiger partial charge in [-0.15, -0.1) is 0 Å². The number of phenols is 1. The van der Waals surface area contributed by atoms with Crippen molar-refractivity contribution in [2.45, 2.75) is 6.54 Å². The van der Waals surface area contributed by atoms with Crippen LogP contribution in [0.15, 0.2) is 48.8 Å². The maximum atomic E-state index is 13.0. The molecule has 5 nitrogen and oxygen atoms in total. The van der Waals surface area contributed by atoms with Gasteiger partial charge < -0.3 is 10.4 Å². The van der Waals surface area contributed by atoms with Crippen LogP contribution in [-0.2, 0) is 13.6 Å². The molecule has 0 amide bonds. The molecule has 0 saturated carbocycles. The molecule has 6 heteroatoms. The van der Waals surface area contributed by atoms with Crippen molar-refractivity contribution < 1.29 is 9.50 Å². The summed E-state index contributed by atoms with van der Waals surface area (Å²) in [5, 5.41) is 17.1. The van der Waals surface area contributed by atoms with Crippen molar-refractivity contribution in [2.75, 3.05) is 5.32 Å². The second-order valence-electron chi connectivity index (χ2n) is 4.87. The van der Waals surface area contributed by atoms with Crippen molar-refractivity contribution >= 4 is 5.82 Å². The Bertz CT molecular complexity index is 800. The van der Waals surface area contributed by atoms with Crippen LogP contribution in [0.4, 0.5) is 10.2 Å². The Balaban J connectivity index is 1.86. The number of nitrogens with one attached hydrogen (secondary N) is 1. The third-order valence-corrected chi connectivity index (χ3v) is 3.40. The number of benzene rings is 1. The van der Waals surface area contributed by atoms with Gasteiger partial charge in [0.15, 0.2) is 0 Å². The predicted molar refractivity (Wildman–Crippen MR) is 81.8 cm³/mol. The van der Waals surface area contributed by atoms with Gasteiger partial charge >= 0.3 is 0 Å². The van der Waals surface area contributed by atoms with E-state index >= 15 is 0 Å². The van der Waals surface area contributed by atoms with Crippen molar-refractivity contribution in [2.24, 2.45) is 7.05 Å². The van der Waals surface area contributed by atoms with Crippen LogP contribution >= 0.6 is 0 Å². The SMILES string of the molecule is Cn1nccc1-c1cccnc1NCc1ccc(F)cc1O. The lowest BCUT2D eigenvalue weighted by atomic mass is 10.1. The summed E-state index contributed by atoms with van der Waals surface area (Å²) in [6.07, 6.45) is 3.41. The van der Waals surface area contributed by atoms with Gasteiger partial charge in [0, 0.05) is 43.2 Å². The fourth-order valence-corrected chi connectivity index (χ4v) is 2.26. The van der Waals surface area contributed by atoms with Crippen LogP contribution in [0.1, 0.15) is 5.56 Å². The maximum absolute atomic E-state index is 13.0. The summed E-state index contributed by atoms with van der Waals surface area (Å²) in [5.41, 5.74) is 2.44. The number of phenolic OH excluding ortho intramolecular Hbond substituents is 1. The van der Waals surface area contributed by atoms with Crippen LogP contribution in [0, 0.1) is 5.82 Å². The summed E-state index contributed by atoms with van der Waals surface area (Å²) in [4.78, 5) is 4.33. The van der Waals surface area contributed by atoms with E-state index in [2.05, 4.69) is 15.4 Å². The second-order valence-corrected chi connectivity index (χ2v) is 4.87. The van der Waals surface area contributed by atoms with E-state index in [0.717, 1.165) is 17.3 Å². The summed E-state index contributed by atoms with van der Waals surface area (Å²) >= 11 is 0.